The van der Waals surface area contributed by atoms with E-state index in [-0.39, 0.29) is 11.6 Å². The number of rotatable bonds is 5. The Labute approximate surface area is 213 Å². The molecular formula is C23H22F4N10O. The molecule has 1 fully saturated rings. The van der Waals surface area contributed by atoms with Crippen molar-refractivity contribution in [2.45, 2.75) is 19.6 Å². The second-order valence-electron chi connectivity index (χ2n) is 8.56. The Morgan fingerprint density at radius 1 is 1.13 bits per heavy atom. The van der Waals surface area contributed by atoms with Crippen LogP contribution in [0.5, 0.6) is 0 Å². The summed E-state index contributed by atoms with van der Waals surface area (Å²) in [6.45, 7) is 4.67. The Hall–Kier alpha value is -4.45. The van der Waals surface area contributed by atoms with Crippen LogP contribution < -0.4 is 10.6 Å². The quantitative estimate of drug-likeness (QED) is 0.132. The first-order chi connectivity index (χ1) is 18.2. The van der Waals surface area contributed by atoms with Gasteiger partial charge in [0.1, 0.15) is 5.82 Å². The Kier molecular flexibility index (Phi) is 6.49. The van der Waals surface area contributed by atoms with Gasteiger partial charge < -0.3 is 15.8 Å². The summed E-state index contributed by atoms with van der Waals surface area (Å²) in [7, 11) is 0. The second-order valence-corrected chi connectivity index (χ2v) is 8.56. The van der Waals surface area contributed by atoms with Gasteiger partial charge in [0.05, 0.1) is 23.8 Å². The molecule has 198 valence electrons. The fourth-order valence-electron chi connectivity index (χ4n) is 4.41. The normalized spacial score (nSPS) is 15.3. The van der Waals surface area contributed by atoms with Gasteiger partial charge in [-0.3, -0.25) is 4.90 Å². The van der Waals surface area contributed by atoms with E-state index < -0.39 is 23.3 Å². The van der Waals surface area contributed by atoms with Crippen molar-refractivity contribution in [3.8, 4) is 11.8 Å². The first kappa shape index (κ1) is 25.2. The number of halogens is 4. The van der Waals surface area contributed by atoms with E-state index >= 15 is 0 Å². The third-order valence-corrected chi connectivity index (χ3v) is 6.26. The number of hydrogen-bond donors (Lipinski definition) is 2. The van der Waals surface area contributed by atoms with Gasteiger partial charge >= 0.3 is 6.18 Å². The van der Waals surface area contributed by atoms with E-state index in [0.717, 1.165) is 18.2 Å². The molecule has 0 bridgehead atoms. The highest BCUT2D eigenvalue weighted by Crippen LogP contribution is 2.28. The second kappa shape index (κ2) is 9.78. The molecule has 1 aromatic carbocycles. The van der Waals surface area contributed by atoms with Crippen molar-refractivity contribution in [3.05, 3.63) is 41.6 Å². The van der Waals surface area contributed by atoms with E-state index in [1.165, 1.54) is 4.52 Å². The third kappa shape index (κ3) is 4.65. The van der Waals surface area contributed by atoms with Crippen LogP contribution in [-0.2, 0) is 6.54 Å². The molecule has 11 nitrogen and oxygen atoms in total. The van der Waals surface area contributed by atoms with Crippen LogP contribution in [0.4, 0.5) is 29.2 Å². The number of fused-ring (bicyclic) bond motifs is 3. The van der Waals surface area contributed by atoms with Gasteiger partial charge in [-0.1, -0.05) is 11.1 Å². The molecule has 0 spiro atoms. The lowest BCUT2D eigenvalue weighted by molar-refractivity contribution is -0.0601. The van der Waals surface area contributed by atoms with E-state index in [1.54, 1.807) is 22.7 Å². The zero-order chi connectivity index (χ0) is 27.0. The summed E-state index contributed by atoms with van der Waals surface area (Å²) in [5, 5.41) is 20.6. The molecule has 0 amide bonds. The lowest BCUT2D eigenvalue weighted by atomic mass is 10.1. The van der Waals surface area contributed by atoms with Gasteiger partial charge in [-0.2, -0.15) is 32.8 Å². The van der Waals surface area contributed by atoms with Gasteiger partial charge in [0, 0.05) is 38.3 Å². The van der Waals surface area contributed by atoms with Gasteiger partial charge in [0.15, 0.2) is 17.0 Å². The van der Waals surface area contributed by atoms with Crippen molar-refractivity contribution in [2.24, 2.45) is 5.16 Å². The zero-order valence-corrected chi connectivity index (χ0v) is 20.1. The zero-order valence-electron chi connectivity index (χ0n) is 20.1. The summed E-state index contributed by atoms with van der Waals surface area (Å²) in [6.07, 6.45) is -3.22. The molecule has 1 saturated heterocycles. The number of piperazine rings is 1. The first-order valence-electron chi connectivity index (χ1n) is 11.6. The predicted molar refractivity (Wildman–Crippen MR) is 130 cm³/mol. The highest BCUT2D eigenvalue weighted by atomic mass is 19.4. The number of aromatic nitrogens is 6. The molecule has 0 radical (unpaired) electrons. The molecule has 3 aromatic heterocycles. The Bertz CT molecular complexity index is 1590. The van der Waals surface area contributed by atoms with Crippen LogP contribution in [0.15, 0.2) is 29.6 Å². The molecule has 15 heteroatoms. The van der Waals surface area contributed by atoms with Crippen molar-refractivity contribution in [1.82, 2.24) is 34.3 Å². The van der Waals surface area contributed by atoms with Crippen LogP contribution in [-0.4, -0.2) is 84.1 Å². The average molecular weight is 530 g/mol. The molecule has 4 aromatic rings. The molecule has 4 heterocycles. The molecule has 0 atom stereocenters. The number of hydrogen-bond acceptors (Lipinski definition) is 9. The number of alkyl halides is 3. The summed E-state index contributed by atoms with van der Waals surface area (Å²) in [5.41, 5.74) is 5.28. The molecule has 3 N–H and O–H groups in total. The van der Waals surface area contributed by atoms with Crippen molar-refractivity contribution in [1.29, 1.82) is 0 Å². The SMILES string of the molecule is CC#Cc1nc2c3cnn(CCN4CCN(c5cc(/C(=N\O)C(F)(F)F)ccc5F)CC4)c3nc(N)n2n1. The van der Waals surface area contributed by atoms with Crippen LogP contribution in [0.2, 0.25) is 0 Å². The maximum Gasteiger partial charge on any atom is 0.437 e. The highest BCUT2D eigenvalue weighted by Gasteiger charge is 2.38. The van der Waals surface area contributed by atoms with Gasteiger partial charge in [-0.25, -0.2) is 9.07 Å². The van der Waals surface area contributed by atoms with Crippen molar-refractivity contribution in [3.63, 3.8) is 0 Å². The topological polar surface area (TPSA) is 126 Å². The number of nitrogens with two attached hydrogens (primary N) is 1. The minimum atomic E-state index is -4.87. The largest absolute Gasteiger partial charge is 0.437 e. The third-order valence-electron chi connectivity index (χ3n) is 6.26. The standard InChI is InChI=1S/C23H22F4N10O/c1-2-3-18-30-21-15-13-29-36(20(15)31-22(28)37(21)32-18)11-8-34-6-9-35(10-7-34)17-12-14(4-5-16(17)24)19(33-38)23(25,26)27/h4-5,12-13,38H,6-11H2,1H3,(H2,28,31)/b33-19+. The number of nitrogen functional groups attached to an aromatic ring is 1. The molecule has 38 heavy (non-hydrogen) atoms. The Balaban J connectivity index is 1.27. The molecule has 1 aliphatic rings. The minimum Gasteiger partial charge on any atom is -0.410 e. The van der Waals surface area contributed by atoms with E-state index in [2.05, 4.69) is 42.1 Å². The van der Waals surface area contributed by atoms with Crippen LogP contribution in [0, 0.1) is 17.7 Å². The predicted octanol–water partition coefficient (Wildman–Crippen LogP) is 2.13. The Morgan fingerprint density at radius 2 is 1.89 bits per heavy atom. The summed E-state index contributed by atoms with van der Waals surface area (Å²) >= 11 is 0. The summed E-state index contributed by atoms with van der Waals surface area (Å²) in [5.74, 6) is 5.38. The fourth-order valence-corrected chi connectivity index (χ4v) is 4.41. The Morgan fingerprint density at radius 3 is 2.58 bits per heavy atom. The smallest absolute Gasteiger partial charge is 0.410 e. The first-order valence-corrected chi connectivity index (χ1v) is 11.6. The fraction of sp³-hybridized carbons (Fsp3) is 0.348. The van der Waals surface area contributed by atoms with Crippen molar-refractivity contribution >= 4 is 34.0 Å². The van der Waals surface area contributed by atoms with Crippen molar-refractivity contribution < 1.29 is 22.8 Å². The average Bonchev–Trinajstić information content (AvgIpc) is 3.48. The van der Waals surface area contributed by atoms with E-state index in [9.17, 15) is 17.6 Å². The number of anilines is 2. The van der Waals surface area contributed by atoms with Crippen LogP contribution in [0.3, 0.4) is 0 Å². The van der Waals surface area contributed by atoms with Gasteiger partial charge in [0.25, 0.3) is 0 Å². The van der Waals surface area contributed by atoms with Gasteiger partial charge in [-0.05, 0) is 31.0 Å². The monoisotopic (exact) mass is 530 g/mol. The van der Waals surface area contributed by atoms with Crippen molar-refractivity contribution in [2.75, 3.05) is 43.4 Å². The minimum absolute atomic E-state index is 0.0229. The van der Waals surface area contributed by atoms with Crippen LogP contribution in [0.1, 0.15) is 18.3 Å². The maximum absolute atomic E-state index is 14.5. The van der Waals surface area contributed by atoms with Gasteiger partial charge in [0.2, 0.25) is 11.8 Å². The van der Waals surface area contributed by atoms with E-state index in [0.29, 0.717) is 61.8 Å². The van der Waals surface area contributed by atoms with Crippen LogP contribution in [0.25, 0.3) is 16.7 Å². The lowest BCUT2D eigenvalue weighted by Gasteiger charge is -2.36. The molecule has 1 aliphatic heterocycles. The number of nitrogens with zero attached hydrogens (tertiary/aromatic N) is 9. The van der Waals surface area contributed by atoms with E-state index in [4.69, 9.17) is 10.9 Å². The maximum atomic E-state index is 14.5. The molecule has 5 rings (SSSR count). The summed E-state index contributed by atoms with van der Waals surface area (Å²) < 4.78 is 57.0. The number of benzene rings is 1. The lowest BCUT2D eigenvalue weighted by Crippen LogP contribution is -2.47. The highest BCUT2D eigenvalue weighted by molar-refractivity contribution is 6.04. The summed E-state index contributed by atoms with van der Waals surface area (Å²) in [4.78, 5) is 12.6. The number of oxime groups is 1. The molecule has 0 saturated carbocycles. The van der Waals surface area contributed by atoms with Gasteiger partial charge in [-0.15, -0.1) is 5.10 Å². The molecule has 0 aliphatic carbocycles. The summed E-state index contributed by atoms with van der Waals surface area (Å²) in [6, 6.07) is 2.94. The van der Waals surface area contributed by atoms with Crippen LogP contribution >= 0.6 is 0 Å². The molecular weight excluding hydrogens is 508 g/mol. The molecule has 0 unspecified atom stereocenters. The van der Waals surface area contributed by atoms with E-state index in [1.807, 2.05) is 0 Å².